The van der Waals surface area contributed by atoms with Gasteiger partial charge in [0.05, 0.1) is 24.9 Å². The molecule has 3 aliphatic rings. The first-order chi connectivity index (χ1) is 31.2. The molecule has 0 spiro atoms. The molecule has 19 heteroatoms. The standard InChI is InChI=1S/C47H59N7O10S2/c1-10-29-23-47(29,43(57)53-66(59,60)64-39-27(4)14-13-15-28(39)5)52-41(55)37-21-32(24-54(37)42(56)40(46(6,7)8)51-45(58)63-30-16-11-12-17-30)62-38-22-35(36-25-65-44(50-36)48-26(2)3)49-34-20-31(61-9)18-19-33(34)38/h10,13-15,18-20,22,25-26,29-30,32,37,40H,1,11-12,16-17,21,23-24H2,2-9H3,(H,48,50)(H,51,58)(H,52,55)(H,53,57)/t29-,32-,37+,40-,47-/m1/s1. The van der Waals surface area contributed by atoms with Crippen LogP contribution in [-0.2, 0) is 29.4 Å². The van der Waals surface area contributed by atoms with Gasteiger partial charge in [0.15, 0.2) is 5.13 Å². The highest BCUT2D eigenvalue weighted by molar-refractivity contribution is 7.85. The van der Waals surface area contributed by atoms with Crippen molar-refractivity contribution in [2.24, 2.45) is 11.3 Å². The third-order valence-electron chi connectivity index (χ3n) is 12.1. The van der Waals surface area contributed by atoms with E-state index in [1.165, 1.54) is 22.3 Å². The Labute approximate surface area is 389 Å². The number of anilines is 1. The van der Waals surface area contributed by atoms with Crippen molar-refractivity contribution < 1.29 is 46.0 Å². The highest BCUT2D eigenvalue weighted by Gasteiger charge is 2.62. The maximum absolute atomic E-state index is 14.9. The molecule has 17 nitrogen and oxygen atoms in total. The zero-order valence-electron chi connectivity index (χ0n) is 38.6. The number of methoxy groups -OCH3 is 1. The molecule has 1 saturated heterocycles. The van der Waals surface area contributed by atoms with E-state index in [0.29, 0.717) is 44.9 Å². The Morgan fingerprint density at radius 1 is 1.00 bits per heavy atom. The molecule has 1 aliphatic heterocycles. The molecule has 66 heavy (non-hydrogen) atoms. The Morgan fingerprint density at radius 3 is 2.35 bits per heavy atom. The summed E-state index contributed by atoms with van der Waals surface area (Å²) in [6.07, 6.45) is 2.98. The van der Waals surface area contributed by atoms with Gasteiger partial charge in [-0.15, -0.1) is 17.9 Å². The van der Waals surface area contributed by atoms with Crippen LogP contribution in [0.1, 0.15) is 84.3 Å². The van der Waals surface area contributed by atoms with Gasteiger partial charge >= 0.3 is 16.4 Å². The third kappa shape index (κ3) is 10.7. The molecule has 0 bridgehead atoms. The minimum absolute atomic E-state index is 0.0347. The minimum atomic E-state index is -4.72. The first kappa shape index (κ1) is 48.0. The van der Waals surface area contributed by atoms with Crippen LogP contribution in [0.2, 0.25) is 0 Å². The van der Waals surface area contributed by atoms with Crippen molar-refractivity contribution in [2.45, 2.75) is 123 Å². The number of aromatic nitrogens is 2. The maximum atomic E-state index is 14.9. The molecular weight excluding hydrogens is 887 g/mol. The molecular formula is C47H59N7O10S2. The largest absolute Gasteiger partial charge is 0.497 e. The topological polar surface area (TPSA) is 216 Å². The van der Waals surface area contributed by atoms with Gasteiger partial charge in [0, 0.05) is 41.3 Å². The van der Waals surface area contributed by atoms with E-state index < -0.39 is 69.2 Å². The molecule has 2 aliphatic carbocycles. The Balaban J connectivity index is 1.20. The van der Waals surface area contributed by atoms with Crippen LogP contribution in [0.25, 0.3) is 22.3 Å². The van der Waals surface area contributed by atoms with Crippen LogP contribution in [0.15, 0.2) is 60.5 Å². The molecule has 354 valence electrons. The number of carbonyl (C=O) groups excluding carboxylic acids is 4. The minimum Gasteiger partial charge on any atom is -0.497 e. The van der Waals surface area contributed by atoms with E-state index >= 15 is 0 Å². The van der Waals surface area contributed by atoms with Gasteiger partial charge in [-0.25, -0.2) is 19.5 Å². The molecule has 4 aromatic rings. The van der Waals surface area contributed by atoms with Gasteiger partial charge < -0.3 is 39.2 Å². The van der Waals surface area contributed by atoms with E-state index in [0.717, 1.165) is 30.8 Å². The highest BCUT2D eigenvalue weighted by Crippen LogP contribution is 2.45. The van der Waals surface area contributed by atoms with Gasteiger partial charge in [-0.05, 0) is 88.5 Å². The number of nitrogens with zero attached hydrogens (tertiary/aromatic N) is 3. The fraction of sp³-hybridized carbons (Fsp3) is 0.489. The van der Waals surface area contributed by atoms with Gasteiger partial charge in [0.2, 0.25) is 11.8 Å². The number of ether oxygens (including phenoxy) is 3. The summed E-state index contributed by atoms with van der Waals surface area (Å²) in [5.41, 5.74) is 0.167. The lowest BCUT2D eigenvalue weighted by atomic mass is 9.85. The second-order valence-corrected chi connectivity index (χ2v) is 20.8. The van der Waals surface area contributed by atoms with Crippen LogP contribution in [-0.4, -0.2) is 96.6 Å². The Hall–Kier alpha value is -5.95. The van der Waals surface area contributed by atoms with Gasteiger partial charge in [0.1, 0.15) is 52.8 Å². The molecule has 2 saturated carbocycles. The van der Waals surface area contributed by atoms with Crippen LogP contribution in [0, 0.1) is 25.2 Å². The average molecular weight is 946 g/mol. The van der Waals surface area contributed by atoms with E-state index in [2.05, 4.69) is 22.5 Å². The van der Waals surface area contributed by atoms with Crippen molar-refractivity contribution >= 4 is 61.5 Å². The molecule has 0 radical (unpaired) electrons. The second-order valence-electron chi connectivity index (χ2n) is 18.7. The number of likely N-dealkylation sites (tertiary alicyclic amines) is 1. The zero-order chi connectivity index (χ0) is 47.7. The number of hydrogen-bond donors (Lipinski definition) is 4. The first-order valence-electron chi connectivity index (χ1n) is 22.1. The molecule has 5 atom stereocenters. The average Bonchev–Trinajstić information content (AvgIpc) is 3.66. The Kier molecular flexibility index (Phi) is 13.9. The number of pyridine rings is 1. The molecule has 2 aromatic heterocycles. The number of fused-ring (bicyclic) bond motifs is 1. The summed E-state index contributed by atoms with van der Waals surface area (Å²) in [4.78, 5) is 68.0. The number of alkyl carbamates (subject to hydrolysis) is 1. The van der Waals surface area contributed by atoms with Crippen LogP contribution >= 0.6 is 11.3 Å². The second kappa shape index (κ2) is 19.1. The van der Waals surface area contributed by atoms with E-state index in [4.69, 9.17) is 28.4 Å². The van der Waals surface area contributed by atoms with Crippen LogP contribution in [0.5, 0.6) is 17.2 Å². The quantitative estimate of drug-likeness (QED) is 0.0858. The summed E-state index contributed by atoms with van der Waals surface area (Å²) < 4.78 is 52.0. The number of carbonyl (C=O) groups is 4. The lowest BCUT2D eigenvalue weighted by Crippen LogP contribution is -2.60. The first-order valence-corrected chi connectivity index (χ1v) is 24.4. The number of thiazole rings is 1. The van der Waals surface area contributed by atoms with Gasteiger partial charge in [-0.1, -0.05) is 45.0 Å². The van der Waals surface area contributed by atoms with Crippen molar-refractivity contribution in [3.8, 4) is 28.6 Å². The summed E-state index contributed by atoms with van der Waals surface area (Å²) in [5.74, 6) is -1.94. The third-order valence-corrected chi connectivity index (χ3v) is 13.7. The smallest absolute Gasteiger partial charge is 0.409 e. The van der Waals surface area contributed by atoms with Gasteiger partial charge in [0.25, 0.3) is 5.91 Å². The van der Waals surface area contributed by atoms with Crippen molar-refractivity contribution in [1.82, 2.24) is 30.2 Å². The number of para-hydroxylation sites is 1. The number of rotatable bonds is 16. The number of nitrogens with one attached hydrogen (secondary N) is 4. The predicted molar refractivity (Wildman–Crippen MR) is 251 cm³/mol. The summed E-state index contributed by atoms with van der Waals surface area (Å²) >= 11 is 1.44. The molecule has 2 aromatic carbocycles. The SMILES string of the molecule is C=C[C@@H]1C[C@]1(NC(=O)[C@@H]1C[C@@H](Oc2cc(-c3csc(NC(C)C)n3)nc3cc(OC)ccc23)CN1C(=O)[C@@H](NC(=O)OC1CCCC1)C(C)(C)C)C(=O)NS(=O)(=O)Oc1c(C)cccc1C. The van der Waals surface area contributed by atoms with Crippen molar-refractivity contribution in [1.29, 1.82) is 0 Å². The molecule has 3 heterocycles. The molecule has 0 unspecified atom stereocenters. The number of amides is 4. The molecule has 7 rings (SSSR count). The van der Waals surface area contributed by atoms with Crippen LogP contribution in [0.4, 0.5) is 9.93 Å². The molecule has 4 amide bonds. The number of benzene rings is 2. The maximum Gasteiger partial charge on any atom is 0.409 e. The highest BCUT2D eigenvalue weighted by atomic mass is 32.2. The van der Waals surface area contributed by atoms with Gasteiger partial charge in [-0.2, -0.15) is 8.42 Å². The summed E-state index contributed by atoms with van der Waals surface area (Å²) in [7, 11) is -3.16. The van der Waals surface area contributed by atoms with Crippen LogP contribution in [0.3, 0.4) is 0 Å². The van der Waals surface area contributed by atoms with Gasteiger partial charge in [-0.3, -0.25) is 14.4 Å². The lowest BCUT2D eigenvalue weighted by molar-refractivity contribution is -0.143. The molecule has 4 N–H and O–H groups in total. The summed E-state index contributed by atoms with van der Waals surface area (Å²) in [5, 5.41) is 12.2. The van der Waals surface area contributed by atoms with Crippen molar-refractivity contribution in [2.75, 3.05) is 19.0 Å². The zero-order valence-corrected chi connectivity index (χ0v) is 40.2. The predicted octanol–water partition coefficient (Wildman–Crippen LogP) is 6.74. The van der Waals surface area contributed by atoms with Crippen molar-refractivity contribution in [3.05, 3.63) is 71.6 Å². The van der Waals surface area contributed by atoms with E-state index in [1.54, 1.807) is 78.1 Å². The fourth-order valence-corrected chi connectivity index (χ4v) is 10.3. The van der Waals surface area contributed by atoms with Crippen molar-refractivity contribution in [3.63, 3.8) is 0 Å². The summed E-state index contributed by atoms with van der Waals surface area (Å²) in [6, 6.07) is 10.00. The van der Waals surface area contributed by atoms with Crippen LogP contribution < -0.4 is 34.3 Å². The molecule has 3 fully saturated rings. The lowest BCUT2D eigenvalue weighted by Gasteiger charge is -2.35. The summed E-state index contributed by atoms with van der Waals surface area (Å²) in [6.45, 7) is 16.5. The number of hydrogen-bond acceptors (Lipinski definition) is 14. The van der Waals surface area contributed by atoms with E-state index in [1.807, 2.05) is 30.0 Å². The monoisotopic (exact) mass is 945 g/mol. The normalized spacial score (nSPS) is 21.2. The Morgan fingerprint density at radius 2 is 1.71 bits per heavy atom. The fourth-order valence-electron chi connectivity index (χ4n) is 8.52. The Bertz CT molecular complexity index is 2600. The number of aryl methyl sites for hydroxylation is 2. The van der Waals surface area contributed by atoms with E-state index in [9.17, 15) is 27.6 Å². The van der Waals surface area contributed by atoms with E-state index in [-0.39, 0.29) is 37.3 Å².